The molecule has 0 aromatic heterocycles. The summed E-state index contributed by atoms with van der Waals surface area (Å²) < 4.78 is 27.6. The van der Waals surface area contributed by atoms with Gasteiger partial charge in [-0.2, -0.15) is 5.10 Å². The van der Waals surface area contributed by atoms with Crippen LogP contribution in [0.2, 0.25) is 0 Å². The molecule has 2 heterocycles. The third-order valence-electron chi connectivity index (χ3n) is 6.82. The lowest BCUT2D eigenvalue weighted by Crippen LogP contribution is -2.49. The van der Waals surface area contributed by atoms with Crippen LogP contribution in [0.5, 0.6) is 0 Å². The van der Waals surface area contributed by atoms with E-state index in [4.69, 9.17) is 5.10 Å². The molecule has 3 aromatic rings. The predicted molar refractivity (Wildman–Crippen MR) is 133 cm³/mol. The van der Waals surface area contributed by atoms with Crippen LogP contribution < -0.4 is 4.90 Å². The highest BCUT2D eigenvalue weighted by atomic mass is 19.1. The number of benzene rings is 3. The molecule has 1 fully saturated rings. The molecule has 5 rings (SSSR count). The molecule has 5 nitrogen and oxygen atoms in total. The second-order valence-corrected chi connectivity index (χ2v) is 9.08. The maximum absolute atomic E-state index is 14.2. The third-order valence-corrected chi connectivity index (χ3v) is 6.82. The molecule has 1 saturated heterocycles. The minimum absolute atomic E-state index is 0.0743. The van der Waals surface area contributed by atoms with Gasteiger partial charge >= 0.3 is 0 Å². The Labute approximate surface area is 204 Å². The van der Waals surface area contributed by atoms with Crippen LogP contribution in [0.4, 0.5) is 14.5 Å². The largest absolute Gasteiger partial charge is 0.367 e. The number of hydrazone groups is 1. The van der Waals surface area contributed by atoms with Crippen molar-refractivity contribution in [2.24, 2.45) is 5.10 Å². The van der Waals surface area contributed by atoms with E-state index in [1.165, 1.54) is 18.2 Å². The maximum Gasteiger partial charge on any atom is 0.257 e. The fourth-order valence-electron chi connectivity index (χ4n) is 4.88. The molecule has 1 amide bonds. The number of aryl methyl sites for hydroxylation is 1. The Morgan fingerprint density at radius 2 is 1.60 bits per heavy atom. The molecule has 35 heavy (non-hydrogen) atoms. The zero-order valence-corrected chi connectivity index (χ0v) is 19.7. The number of anilines is 1. The molecule has 2 aliphatic rings. The Bertz CT molecular complexity index is 1240. The number of hydrogen-bond donors (Lipinski definition) is 0. The normalized spacial score (nSPS) is 18.6. The van der Waals surface area contributed by atoms with Crippen molar-refractivity contribution in [1.29, 1.82) is 0 Å². The van der Waals surface area contributed by atoms with Crippen LogP contribution in [0.15, 0.2) is 77.9 Å². The van der Waals surface area contributed by atoms with Gasteiger partial charge in [-0.05, 0) is 47.9 Å². The second-order valence-electron chi connectivity index (χ2n) is 9.08. The molecule has 0 aliphatic carbocycles. The maximum atomic E-state index is 14.2. The van der Waals surface area contributed by atoms with Gasteiger partial charge in [0, 0.05) is 32.6 Å². The Balaban J connectivity index is 1.32. The molecule has 2 aliphatic heterocycles. The van der Waals surface area contributed by atoms with Crippen molar-refractivity contribution in [2.45, 2.75) is 19.4 Å². The predicted octanol–water partition coefficient (Wildman–Crippen LogP) is 4.77. The van der Waals surface area contributed by atoms with Gasteiger partial charge in [-0.1, -0.05) is 48.5 Å². The number of carbonyl (C=O) groups excluding carboxylic acids is 1. The van der Waals surface area contributed by atoms with Crippen LogP contribution in [0, 0.1) is 18.6 Å². The molecule has 1 atom stereocenters. The number of hydrogen-bond acceptors (Lipinski definition) is 4. The molecular formula is C28H28F2N4O. The second kappa shape index (κ2) is 9.96. The summed E-state index contributed by atoms with van der Waals surface area (Å²) in [5, 5.41) is 6.32. The van der Waals surface area contributed by atoms with E-state index in [-0.39, 0.29) is 30.1 Å². The van der Waals surface area contributed by atoms with Gasteiger partial charge in [0.2, 0.25) is 0 Å². The molecule has 0 bridgehead atoms. The number of amides is 1. The van der Waals surface area contributed by atoms with Gasteiger partial charge in [0.15, 0.2) is 0 Å². The average molecular weight is 475 g/mol. The molecule has 180 valence electrons. The average Bonchev–Trinajstić information content (AvgIpc) is 3.31. The van der Waals surface area contributed by atoms with Gasteiger partial charge in [0.05, 0.1) is 24.0 Å². The van der Waals surface area contributed by atoms with Crippen LogP contribution in [-0.4, -0.2) is 54.3 Å². The minimum Gasteiger partial charge on any atom is -0.367 e. The van der Waals surface area contributed by atoms with E-state index in [9.17, 15) is 13.6 Å². The van der Waals surface area contributed by atoms with Crippen molar-refractivity contribution in [3.8, 4) is 0 Å². The van der Waals surface area contributed by atoms with Crippen molar-refractivity contribution in [2.75, 3.05) is 37.6 Å². The highest BCUT2D eigenvalue weighted by molar-refractivity contribution is 6.03. The van der Waals surface area contributed by atoms with Gasteiger partial charge in [0.25, 0.3) is 5.91 Å². The van der Waals surface area contributed by atoms with E-state index >= 15 is 0 Å². The Hall–Kier alpha value is -3.58. The number of halogens is 2. The number of nitrogens with zero attached hydrogens (tertiary/aromatic N) is 4. The summed E-state index contributed by atoms with van der Waals surface area (Å²) in [6.07, 6.45) is 0.573. The first-order valence-corrected chi connectivity index (χ1v) is 11.9. The molecule has 0 radical (unpaired) electrons. The summed E-state index contributed by atoms with van der Waals surface area (Å²) in [5.41, 5.74) is 4.36. The Morgan fingerprint density at radius 1 is 0.914 bits per heavy atom. The van der Waals surface area contributed by atoms with Crippen molar-refractivity contribution in [1.82, 2.24) is 9.91 Å². The molecule has 0 saturated carbocycles. The van der Waals surface area contributed by atoms with E-state index in [2.05, 4.69) is 4.90 Å². The fraction of sp³-hybridized carbons (Fsp3) is 0.286. The summed E-state index contributed by atoms with van der Waals surface area (Å²) in [7, 11) is 0. The van der Waals surface area contributed by atoms with Gasteiger partial charge in [-0.25, -0.2) is 13.8 Å². The number of rotatable bonds is 5. The number of para-hydroxylation sites is 1. The van der Waals surface area contributed by atoms with E-state index < -0.39 is 0 Å². The fourth-order valence-corrected chi connectivity index (χ4v) is 4.88. The van der Waals surface area contributed by atoms with Crippen molar-refractivity contribution < 1.29 is 13.6 Å². The number of piperazine rings is 1. The van der Waals surface area contributed by atoms with E-state index in [1.807, 2.05) is 42.2 Å². The van der Waals surface area contributed by atoms with Crippen LogP contribution in [-0.2, 0) is 4.79 Å². The first-order chi connectivity index (χ1) is 17.0. The Morgan fingerprint density at radius 3 is 2.31 bits per heavy atom. The lowest BCUT2D eigenvalue weighted by atomic mass is 9.95. The molecule has 0 spiro atoms. The summed E-state index contributed by atoms with van der Waals surface area (Å²) in [4.78, 5) is 17.6. The summed E-state index contributed by atoms with van der Waals surface area (Å²) in [5.74, 6) is -0.599. The van der Waals surface area contributed by atoms with Crippen molar-refractivity contribution in [3.05, 3.63) is 101 Å². The SMILES string of the molecule is Cc1ccccc1C1CC(c2ccc(F)cc2)=NN1C(=O)CN1CCN(c2ccccc2F)CC1. The third kappa shape index (κ3) is 4.95. The van der Waals surface area contributed by atoms with Crippen LogP contribution in [0.25, 0.3) is 0 Å². The lowest BCUT2D eigenvalue weighted by Gasteiger charge is -2.36. The van der Waals surface area contributed by atoms with E-state index in [1.54, 1.807) is 29.3 Å². The zero-order valence-electron chi connectivity index (χ0n) is 19.7. The van der Waals surface area contributed by atoms with Gasteiger partial charge in [0.1, 0.15) is 11.6 Å². The summed E-state index contributed by atoms with van der Waals surface area (Å²) in [6, 6.07) is 20.9. The molecule has 0 N–H and O–H groups in total. The highest BCUT2D eigenvalue weighted by Crippen LogP contribution is 2.34. The first kappa shape index (κ1) is 23.2. The summed E-state index contributed by atoms with van der Waals surface area (Å²) >= 11 is 0. The Kier molecular flexibility index (Phi) is 6.59. The van der Waals surface area contributed by atoms with E-state index in [0.717, 1.165) is 22.4 Å². The first-order valence-electron chi connectivity index (χ1n) is 11.9. The monoisotopic (exact) mass is 474 g/mol. The van der Waals surface area contributed by atoms with Crippen LogP contribution in [0.3, 0.4) is 0 Å². The molecular weight excluding hydrogens is 446 g/mol. The number of carbonyl (C=O) groups is 1. The zero-order chi connectivity index (χ0) is 24.4. The molecule has 1 unspecified atom stereocenters. The topological polar surface area (TPSA) is 39.2 Å². The van der Waals surface area contributed by atoms with E-state index in [0.29, 0.717) is 38.3 Å². The van der Waals surface area contributed by atoms with Crippen molar-refractivity contribution >= 4 is 17.3 Å². The van der Waals surface area contributed by atoms with Gasteiger partial charge in [-0.15, -0.1) is 0 Å². The van der Waals surface area contributed by atoms with Gasteiger partial charge < -0.3 is 4.90 Å². The molecule has 3 aromatic carbocycles. The highest BCUT2D eigenvalue weighted by Gasteiger charge is 2.35. The van der Waals surface area contributed by atoms with Gasteiger partial charge in [-0.3, -0.25) is 9.69 Å². The van der Waals surface area contributed by atoms with Crippen molar-refractivity contribution in [3.63, 3.8) is 0 Å². The van der Waals surface area contributed by atoms with Crippen LogP contribution >= 0.6 is 0 Å². The quantitative estimate of drug-likeness (QED) is 0.535. The summed E-state index contributed by atoms with van der Waals surface area (Å²) in [6.45, 7) is 4.91. The standard InChI is InChI=1S/C28H28F2N4O/c1-20-6-2-3-7-23(20)27-18-25(21-10-12-22(29)13-11-21)31-34(27)28(35)19-32-14-16-33(17-15-32)26-9-5-4-8-24(26)30/h2-13,27H,14-19H2,1H3. The smallest absolute Gasteiger partial charge is 0.257 e. The van der Waals surface area contributed by atoms with Crippen LogP contribution in [0.1, 0.15) is 29.2 Å². The minimum atomic E-state index is -0.301. The molecule has 7 heteroatoms. The lowest BCUT2D eigenvalue weighted by molar-refractivity contribution is -0.134.